The number of nitrogens with zero attached hydrogens (tertiary/aromatic N) is 2. The van der Waals surface area contributed by atoms with Crippen LogP contribution in [0.25, 0.3) is 10.2 Å². The number of anilines is 1. The number of sulfonamides is 1. The Morgan fingerprint density at radius 1 is 1.06 bits per heavy atom. The molecule has 1 amide bonds. The molecule has 0 unspecified atom stereocenters. The lowest BCUT2D eigenvalue weighted by Gasteiger charge is -2.30. The van der Waals surface area contributed by atoms with Crippen molar-refractivity contribution in [1.82, 2.24) is 9.29 Å². The van der Waals surface area contributed by atoms with E-state index in [1.807, 2.05) is 25.1 Å². The normalized spacial score (nSPS) is 16.3. The Kier molecular flexibility index (Phi) is 6.10. The van der Waals surface area contributed by atoms with Gasteiger partial charge in [-0.2, -0.15) is 4.31 Å². The first-order valence-electron chi connectivity index (χ1n) is 10.0. The topological polar surface area (TPSA) is 114 Å². The molecule has 1 saturated heterocycles. The Morgan fingerprint density at radius 2 is 1.72 bits per heavy atom. The zero-order chi connectivity index (χ0) is 23.1. The maximum absolute atomic E-state index is 13.1. The summed E-state index contributed by atoms with van der Waals surface area (Å²) < 4.78 is 52.5. The Labute approximate surface area is 191 Å². The lowest BCUT2D eigenvalue weighted by molar-refractivity contribution is -0.120. The number of aromatic nitrogens is 1. The summed E-state index contributed by atoms with van der Waals surface area (Å²) in [5, 5.41) is 3.38. The van der Waals surface area contributed by atoms with Crippen LogP contribution in [0, 0.1) is 12.8 Å². The molecule has 1 fully saturated rings. The van der Waals surface area contributed by atoms with E-state index in [1.54, 1.807) is 0 Å². The average Bonchev–Trinajstić information content (AvgIpc) is 3.14. The second kappa shape index (κ2) is 8.54. The van der Waals surface area contributed by atoms with Gasteiger partial charge in [-0.3, -0.25) is 4.79 Å². The van der Waals surface area contributed by atoms with Gasteiger partial charge >= 0.3 is 0 Å². The summed E-state index contributed by atoms with van der Waals surface area (Å²) in [5.41, 5.74) is 1.94. The third-order valence-corrected chi connectivity index (χ3v) is 9.64. The monoisotopic (exact) mass is 493 g/mol. The number of sulfone groups is 1. The molecule has 3 aromatic rings. The largest absolute Gasteiger partial charge is 0.302 e. The molecule has 1 aliphatic rings. The van der Waals surface area contributed by atoms with Crippen LogP contribution in [0.15, 0.2) is 52.3 Å². The molecule has 4 rings (SSSR count). The third-order valence-electron chi connectivity index (χ3n) is 5.47. The molecule has 2 aromatic carbocycles. The van der Waals surface area contributed by atoms with Gasteiger partial charge in [0.15, 0.2) is 15.0 Å². The Balaban J connectivity index is 1.45. The van der Waals surface area contributed by atoms with Crippen LogP contribution in [0.5, 0.6) is 0 Å². The second-order valence-corrected chi connectivity index (χ2v) is 12.8. The molecule has 11 heteroatoms. The number of benzene rings is 2. The summed E-state index contributed by atoms with van der Waals surface area (Å²) in [5.74, 6) is -0.533. The van der Waals surface area contributed by atoms with Crippen LogP contribution in [0.3, 0.4) is 0 Å². The molecular formula is C21H23N3O5S3. The number of thiazole rings is 1. The molecule has 0 aliphatic carbocycles. The number of carbonyl (C=O) groups is 1. The SMILES string of the molecule is Cc1ccc2nc(NC(=O)C3CCN(S(=O)(=O)c4ccccc4S(C)(=O)=O)CC3)sc2c1. The molecular weight excluding hydrogens is 470 g/mol. The van der Waals surface area contributed by atoms with Crippen LogP contribution >= 0.6 is 11.3 Å². The molecule has 0 bridgehead atoms. The van der Waals surface area contributed by atoms with E-state index < -0.39 is 19.9 Å². The van der Waals surface area contributed by atoms with Gasteiger partial charge in [-0.15, -0.1) is 0 Å². The highest BCUT2D eigenvalue weighted by Crippen LogP contribution is 2.30. The number of hydrogen-bond acceptors (Lipinski definition) is 7. The van der Waals surface area contributed by atoms with Crippen molar-refractivity contribution >= 4 is 52.5 Å². The number of piperidine rings is 1. The molecule has 1 N–H and O–H groups in total. The van der Waals surface area contributed by atoms with Crippen LogP contribution in [-0.2, 0) is 24.7 Å². The van der Waals surface area contributed by atoms with Gasteiger partial charge in [-0.25, -0.2) is 21.8 Å². The summed E-state index contributed by atoms with van der Waals surface area (Å²) in [6.07, 6.45) is 1.67. The molecule has 0 spiro atoms. The van der Waals surface area contributed by atoms with Crippen LogP contribution in [0.2, 0.25) is 0 Å². The van der Waals surface area contributed by atoms with Crippen molar-refractivity contribution in [3.05, 3.63) is 48.0 Å². The van der Waals surface area contributed by atoms with Crippen LogP contribution in [0.4, 0.5) is 5.13 Å². The van der Waals surface area contributed by atoms with Crippen molar-refractivity contribution in [2.45, 2.75) is 29.6 Å². The lowest BCUT2D eigenvalue weighted by atomic mass is 9.97. The molecule has 0 saturated carbocycles. The molecule has 1 aromatic heterocycles. The van der Waals surface area contributed by atoms with Gasteiger partial charge in [0.2, 0.25) is 15.9 Å². The molecule has 32 heavy (non-hydrogen) atoms. The van der Waals surface area contributed by atoms with Crippen LogP contribution in [-0.4, -0.2) is 51.4 Å². The first kappa shape index (κ1) is 22.8. The number of nitrogens with one attached hydrogen (secondary N) is 1. The molecule has 0 atom stereocenters. The number of hydrogen-bond donors (Lipinski definition) is 1. The fourth-order valence-electron chi connectivity index (χ4n) is 3.76. The second-order valence-electron chi connectivity index (χ2n) is 7.88. The Morgan fingerprint density at radius 3 is 2.38 bits per heavy atom. The van der Waals surface area contributed by atoms with Crippen molar-refractivity contribution in [2.75, 3.05) is 24.7 Å². The number of aryl methyl sites for hydroxylation is 1. The predicted octanol–water partition coefficient (Wildman–Crippen LogP) is 3.05. The molecule has 2 heterocycles. The van der Waals surface area contributed by atoms with Gasteiger partial charge in [0.25, 0.3) is 0 Å². The van der Waals surface area contributed by atoms with Gasteiger partial charge in [0.05, 0.1) is 15.1 Å². The highest BCUT2D eigenvalue weighted by Gasteiger charge is 2.34. The maximum atomic E-state index is 13.1. The summed E-state index contributed by atoms with van der Waals surface area (Å²) in [7, 11) is -7.70. The first-order valence-corrected chi connectivity index (χ1v) is 14.2. The van der Waals surface area contributed by atoms with Gasteiger partial charge < -0.3 is 5.32 Å². The summed E-state index contributed by atoms with van der Waals surface area (Å²) in [6, 6.07) is 11.5. The fourth-order valence-corrected chi connectivity index (χ4v) is 7.80. The highest BCUT2D eigenvalue weighted by molar-refractivity contribution is 7.93. The Bertz CT molecular complexity index is 1390. The molecule has 1 aliphatic heterocycles. The highest BCUT2D eigenvalue weighted by atomic mass is 32.2. The van der Waals surface area contributed by atoms with Crippen LogP contribution < -0.4 is 5.32 Å². The van der Waals surface area contributed by atoms with Gasteiger partial charge in [0, 0.05) is 25.3 Å². The van der Waals surface area contributed by atoms with Crippen molar-refractivity contribution in [3.8, 4) is 0 Å². The van der Waals surface area contributed by atoms with Crippen molar-refractivity contribution in [1.29, 1.82) is 0 Å². The van der Waals surface area contributed by atoms with Gasteiger partial charge in [-0.1, -0.05) is 29.5 Å². The lowest BCUT2D eigenvalue weighted by Crippen LogP contribution is -2.41. The van der Waals surface area contributed by atoms with E-state index in [0.29, 0.717) is 18.0 Å². The van der Waals surface area contributed by atoms with E-state index in [4.69, 9.17) is 0 Å². The Hall–Kier alpha value is -2.34. The van der Waals surface area contributed by atoms with Crippen molar-refractivity contribution in [3.63, 3.8) is 0 Å². The first-order chi connectivity index (χ1) is 15.1. The van der Waals surface area contributed by atoms with Crippen molar-refractivity contribution in [2.24, 2.45) is 5.92 Å². The van der Waals surface area contributed by atoms with E-state index in [2.05, 4.69) is 10.3 Å². The number of carbonyl (C=O) groups excluding carboxylic acids is 1. The standard InChI is InChI=1S/C21H23N3O5S3/c1-14-7-8-16-17(13-14)30-21(22-16)23-20(25)15-9-11-24(12-10-15)32(28,29)19-6-4-3-5-18(19)31(2,26)27/h3-8,13,15H,9-12H2,1-2H3,(H,22,23,25). The van der Waals surface area contributed by atoms with E-state index >= 15 is 0 Å². The van der Waals surface area contributed by atoms with E-state index in [1.165, 1.54) is 39.9 Å². The zero-order valence-corrected chi connectivity index (χ0v) is 20.1. The number of rotatable bonds is 5. The number of amides is 1. The summed E-state index contributed by atoms with van der Waals surface area (Å²) in [4.78, 5) is 16.7. The van der Waals surface area contributed by atoms with Crippen molar-refractivity contribution < 1.29 is 21.6 Å². The minimum Gasteiger partial charge on any atom is -0.302 e. The van der Waals surface area contributed by atoms with E-state index in [9.17, 15) is 21.6 Å². The average molecular weight is 494 g/mol. The van der Waals surface area contributed by atoms with E-state index in [-0.39, 0.29) is 34.7 Å². The summed E-state index contributed by atoms with van der Waals surface area (Å²) >= 11 is 1.40. The van der Waals surface area contributed by atoms with Gasteiger partial charge in [-0.05, 0) is 49.6 Å². The number of fused-ring (bicyclic) bond motifs is 1. The van der Waals surface area contributed by atoms with E-state index in [0.717, 1.165) is 22.0 Å². The molecule has 0 radical (unpaired) electrons. The summed E-state index contributed by atoms with van der Waals surface area (Å²) in [6.45, 7) is 2.27. The molecule has 8 nitrogen and oxygen atoms in total. The quantitative estimate of drug-likeness (QED) is 0.584. The fraction of sp³-hybridized carbons (Fsp3) is 0.333. The minimum atomic E-state index is -3.99. The smallest absolute Gasteiger partial charge is 0.244 e. The zero-order valence-electron chi connectivity index (χ0n) is 17.6. The van der Waals surface area contributed by atoms with Gasteiger partial charge in [0.1, 0.15) is 4.90 Å². The third kappa shape index (κ3) is 4.56. The van der Waals surface area contributed by atoms with Crippen LogP contribution in [0.1, 0.15) is 18.4 Å². The maximum Gasteiger partial charge on any atom is 0.244 e. The minimum absolute atomic E-state index is 0.136. The molecule has 170 valence electrons. The predicted molar refractivity (Wildman–Crippen MR) is 124 cm³/mol.